The van der Waals surface area contributed by atoms with E-state index in [0.717, 1.165) is 37.6 Å². The summed E-state index contributed by atoms with van der Waals surface area (Å²) in [5.41, 5.74) is 0.133. The van der Waals surface area contributed by atoms with Crippen molar-refractivity contribution in [3.63, 3.8) is 0 Å². The van der Waals surface area contributed by atoms with E-state index in [1.165, 1.54) is 18.2 Å². The first kappa shape index (κ1) is 33.4. The van der Waals surface area contributed by atoms with Crippen LogP contribution in [0.25, 0.3) is 0 Å². The average Bonchev–Trinajstić information content (AvgIpc) is 3.01. The van der Waals surface area contributed by atoms with Gasteiger partial charge in [0.1, 0.15) is 5.82 Å². The van der Waals surface area contributed by atoms with Crippen molar-refractivity contribution in [3.05, 3.63) is 89.2 Å². The zero-order valence-electron chi connectivity index (χ0n) is 25.1. The van der Waals surface area contributed by atoms with Crippen LogP contribution in [0, 0.1) is 17.7 Å². The van der Waals surface area contributed by atoms with Gasteiger partial charge in [-0.3, -0.25) is 14.3 Å². The van der Waals surface area contributed by atoms with Gasteiger partial charge in [0.05, 0.1) is 28.0 Å². The third kappa shape index (κ3) is 7.52. The highest BCUT2D eigenvalue weighted by Crippen LogP contribution is 2.43. The molecule has 0 bridgehead atoms. The number of nitrogens with zero attached hydrogens (tertiary/aromatic N) is 1. The largest absolute Gasteiger partial charge is 0.481 e. The minimum atomic E-state index is -4.76. The number of nitrogens with one attached hydrogen (secondary N) is 2. The fraction of sp³-hybridized carbons (Fsp3) is 0.394. The highest BCUT2D eigenvalue weighted by molar-refractivity contribution is 7.92. The minimum absolute atomic E-state index is 0.138. The summed E-state index contributed by atoms with van der Waals surface area (Å²) >= 11 is 0. The molecule has 4 atom stereocenters. The van der Waals surface area contributed by atoms with Gasteiger partial charge in [0.2, 0.25) is 5.91 Å². The van der Waals surface area contributed by atoms with E-state index in [0.29, 0.717) is 24.5 Å². The van der Waals surface area contributed by atoms with Crippen molar-refractivity contribution in [2.24, 2.45) is 11.8 Å². The molecule has 5 rings (SSSR count). The normalized spacial score (nSPS) is 22.6. The lowest BCUT2D eigenvalue weighted by atomic mass is 9.69. The van der Waals surface area contributed by atoms with Crippen molar-refractivity contribution in [2.75, 3.05) is 30.2 Å². The van der Waals surface area contributed by atoms with Gasteiger partial charge < -0.3 is 15.3 Å². The molecule has 1 amide bonds. The minimum Gasteiger partial charge on any atom is -0.481 e. The Balaban J connectivity index is 1.29. The third-order valence-electron chi connectivity index (χ3n) is 8.93. The maximum Gasteiger partial charge on any atom is 0.416 e. The molecule has 1 aliphatic heterocycles. The Morgan fingerprint density at radius 1 is 0.935 bits per heavy atom. The van der Waals surface area contributed by atoms with Gasteiger partial charge in [-0.15, -0.1) is 0 Å². The number of piperidine rings is 1. The van der Waals surface area contributed by atoms with Crippen molar-refractivity contribution in [1.82, 2.24) is 4.90 Å². The second kappa shape index (κ2) is 13.4. The number of amides is 1. The zero-order valence-corrected chi connectivity index (χ0v) is 25.9. The number of sulfonamides is 1. The number of alkyl halides is 3. The molecule has 1 aliphatic carbocycles. The molecular weight excluding hydrogens is 626 g/mol. The molecule has 0 aromatic heterocycles. The Bertz CT molecular complexity index is 1700. The van der Waals surface area contributed by atoms with Crippen molar-refractivity contribution >= 4 is 33.3 Å². The molecule has 0 unspecified atom stereocenters. The monoisotopic (exact) mass is 661 g/mol. The van der Waals surface area contributed by atoms with E-state index in [1.54, 1.807) is 24.3 Å². The third-order valence-corrected chi connectivity index (χ3v) is 10.3. The lowest BCUT2D eigenvalue weighted by molar-refractivity contribution is -0.148. The summed E-state index contributed by atoms with van der Waals surface area (Å²) in [6.45, 7) is 1.86. The zero-order chi connectivity index (χ0) is 33.2. The molecule has 0 spiro atoms. The molecule has 3 aromatic carbocycles. The molecule has 1 heterocycles. The number of hydrogen-bond acceptors (Lipinski definition) is 5. The summed E-state index contributed by atoms with van der Waals surface area (Å²) in [6, 6.07) is 14.9. The van der Waals surface area contributed by atoms with E-state index in [2.05, 4.69) is 14.9 Å². The van der Waals surface area contributed by atoms with Crippen molar-refractivity contribution < 1.29 is 40.7 Å². The molecule has 2 aliphatic rings. The molecule has 1 saturated carbocycles. The van der Waals surface area contributed by atoms with Crippen LogP contribution in [0.1, 0.15) is 60.6 Å². The van der Waals surface area contributed by atoms with Crippen LogP contribution in [0.5, 0.6) is 0 Å². The molecule has 3 N–H and O–H groups in total. The molecule has 2 fully saturated rings. The second-order valence-corrected chi connectivity index (χ2v) is 13.8. The fourth-order valence-electron chi connectivity index (χ4n) is 6.61. The highest BCUT2D eigenvalue weighted by atomic mass is 32.2. The molecule has 46 heavy (non-hydrogen) atoms. The smallest absolute Gasteiger partial charge is 0.416 e. The van der Waals surface area contributed by atoms with E-state index >= 15 is 0 Å². The van der Waals surface area contributed by atoms with Gasteiger partial charge in [0.15, 0.2) is 0 Å². The first-order valence-electron chi connectivity index (χ1n) is 15.0. The number of aliphatic carboxylic acids is 1. The van der Waals surface area contributed by atoms with Crippen LogP contribution in [-0.2, 0) is 25.8 Å². The molecule has 0 radical (unpaired) electrons. The summed E-state index contributed by atoms with van der Waals surface area (Å²) in [7, 11) is -1.87. The second-order valence-electron chi connectivity index (χ2n) is 12.1. The van der Waals surface area contributed by atoms with Crippen LogP contribution in [-0.4, -0.2) is 50.4 Å². The fourth-order valence-corrected chi connectivity index (χ4v) is 7.73. The lowest BCUT2D eigenvalue weighted by Gasteiger charge is -2.35. The number of carbonyl (C=O) groups is 2. The summed E-state index contributed by atoms with van der Waals surface area (Å²) in [5.74, 6) is -5.98. The predicted molar refractivity (Wildman–Crippen MR) is 164 cm³/mol. The number of likely N-dealkylation sites (N-methyl/N-ethyl adjacent to an activating group) is 1. The van der Waals surface area contributed by atoms with Crippen molar-refractivity contribution in [3.8, 4) is 0 Å². The molecule has 8 nitrogen and oxygen atoms in total. The lowest BCUT2D eigenvalue weighted by Crippen LogP contribution is -2.40. The number of carboxylic acids is 1. The Morgan fingerprint density at radius 2 is 1.67 bits per heavy atom. The van der Waals surface area contributed by atoms with E-state index in [9.17, 15) is 40.7 Å². The Kier molecular flexibility index (Phi) is 9.73. The molecule has 246 valence electrons. The first-order chi connectivity index (χ1) is 21.7. The van der Waals surface area contributed by atoms with Gasteiger partial charge in [-0.2, -0.15) is 13.2 Å². The number of anilines is 2. The number of likely N-dealkylation sites (tertiary alicyclic amines) is 1. The average molecular weight is 662 g/mol. The molecule has 3 aromatic rings. The van der Waals surface area contributed by atoms with Crippen LogP contribution in [0.15, 0.2) is 71.6 Å². The van der Waals surface area contributed by atoms with Crippen molar-refractivity contribution in [2.45, 2.75) is 55.0 Å². The molecular formula is C33H35F4N3O5S. The van der Waals surface area contributed by atoms with Crippen LogP contribution in [0.3, 0.4) is 0 Å². The number of carbonyl (C=O) groups excluding carboxylic acids is 1. The maximum atomic E-state index is 14.4. The maximum absolute atomic E-state index is 14.4. The summed E-state index contributed by atoms with van der Waals surface area (Å²) in [6.07, 6.45) is -1.64. The standard InChI is InChI=1S/C33H35F4N3O5S/c1-40-16-4-6-22(19-40)21-5-2-7-25(17-21)46(44,45)39-24-13-10-20(11-14-24)26-8-3-9-27(30(26)32(42)43)31(41)38-29-15-12-23(18-28(29)34)33(35,36)37/h2,5,7,10-15,17-18,22,26-27,30,39H,3-4,6,8-9,16,19H2,1H3,(H,38,41)(H,42,43)/t22-,26+,27+,30+/m0/s1. The summed E-state index contributed by atoms with van der Waals surface area (Å²) < 4.78 is 82.3. The summed E-state index contributed by atoms with van der Waals surface area (Å²) in [5, 5.41) is 12.4. The van der Waals surface area contributed by atoms with Crippen LogP contribution in [0.2, 0.25) is 0 Å². The quantitative estimate of drug-likeness (QED) is 0.232. The van der Waals surface area contributed by atoms with E-state index in [4.69, 9.17) is 0 Å². The SMILES string of the molecule is CN1CCC[C@H](c2cccc(S(=O)(=O)Nc3ccc([C@H]4CCC[C@@H](C(=O)Nc5ccc(C(F)(F)F)cc5F)[C@@H]4C(=O)O)cc3)c2)C1. The van der Waals surface area contributed by atoms with Gasteiger partial charge in [-0.25, -0.2) is 12.8 Å². The van der Waals surface area contributed by atoms with Crippen LogP contribution < -0.4 is 10.0 Å². The summed E-state index contributed by atoms with van der Waals surface area (Å²) in [4.78, 5) is 27.9. The van der Waals surface area contributed by atoms with Gasteiger partial charge in [0, 0.05) is 12.2 Å². The first-order valence-corrected chi connectivity index (χ1v) is 16.5. The number of rotatable bonds is 8. The topological polar surface area (TPSA) is 116 Å². The number of halogens is 4. The molecule has 13 heteroatoms. The van der Waals surface area contributed by atoms with Crippen molar-refractivity contribution in [1.29, 1.82) is 0 Å². The van der Waals surface area contributed by atoms with Gasteiger partial charge in [-0.1, -0.05) is 30.7 Å². The number of carboxylic acid groups (broad SMARTS) is 1. The molecule has 1 saturated heterocycles. The van der Waals surface area contributed by atoms with Gasteiger partial charge in [0.25, 0.3) is 10.0 Å². The van der Waals surface area contributed by atoms with E-state index in [-0.39, 0.29) is 29.0 Å². The van der Waals surface area contributed by atoms with E-state index in [1.807, 2.05) is 13.1 Å². The van der Waals surface area contributed by atoms with E-state index < -0.39 is 62.9 Å². The Hall–Kier alpha value is -3.97. The van der Waals surface area contributed by atoms with Gasteiger partial charge >= 0.3 is 12.1 Å². The van der Waals surface area contributed by atoms with Crippen LogP contribution >= 0.6 is 0 Å². The predicted octanol–water partition coefficient (Wildman–Crippen LogP) is 6.68. The number of hydrogen-bond donors (Lipinski definition) is 3. The van der Waals surface area contributed by atoms with Crippen LogP contribution in [0.4, 0.5) is 28.9 Å². The Labute approximate surface area is 264 Å². The highest BCUT2D eigenvalue weighted by Gasteiger charge is 2.43. The number of benzene rings is 3. The Morgan fingerprint density at radius 3 is 2.33 bits per heavy atom. The van der Waals surface area contributed by atoms with Gasteiger partial charge in [-0.05, 0) is 105 Å².